The number of ether oxygens (including phenoxy) is 2. The number of carbonyl (C=O) groups is 1. The first-order valence-electron chi connectivity index (χ1n) is 8.19. The van der Waals surface area contributed by atoms with Crippen molar-refractivity contribution in [3.05, 3.63) is 28.6 Å². The second-order valence-electron chi connectivity index (χ2n) is 5.80. The Balaban J connectivity index is 1.92. The molecule has 1 aromatic carbocycles. The highest BCUT2D eigenvalue weighted by Crippen LogP contribution is 2.37. The molecule has 2 heterocycles. The van der Waals surface area contributed by atoms with Gasteiger partial charge in [-0.25, -0.2) is 4.98 Å². The number of amides is 1. The maximum atomic E-state index is 12.4. The van der Waals surface area contributed by atoms with E-state index in [0.29, 0.717) is 13.2 Å². The van der Waals surface area contributed by atoms with Crippen molar-refractivity contribution in [3.8, 4) is 17.0 Å². The number of methoxy groups -OCH3 is 1. The Morgan fingerprint density at radius 1 is 1.42 bits per heavy atom. The topological polar surface area (TPSA) is 51.7 Å². The first-order chi connectivity index (χ1) is 11.6. The summed E-state index contributed by atoms with van der Waals surface area (Å²) in [6, 6.07) is 5.94. The number of hydrogen-bond acceptors (Lipinski definition) is 5. The molecular formula is C18H22N2O3S. The summed E-state index contributed by atoms with van der Waals surface area (Å²) in [5.41, 5.74) is 2.76. The van der Waals surface area contributed by atoms with Gasteiger partial charge in [0.05, 0.1) is 23.0 Å². The summed E-state index contributed by atoms with van der Waals surface area (Å²) in [4.78, 5) is 18.9. The minimum atomic E-state index is -0.435. The monoisotopic (exact) mass is 346 g/mol. The van der Waals surface area contributed by atoms with Crippen LogP contribution in [0.25, 0.3) is 11.3 Å². The van der Waals surface area contributed by atoms with E-state index in [2.05, 4.69) is 11.9 Å². The van der Waals surface area contributed by atoms with E-state index >= 15 is 0 Å². The molecule has 1 unspecified atom stereocenters. The summed E-state index contributed by atoms with van der Waals surface area (Å²) in [5.74, 6) is 0.773. The van der Waals surface area contributed by atoms with Crippen molar-refractivity contribution in [1.82, 2.24) is 4.98 Å². The van der Waals surface area contributed by atoms with Crippen molar-refractivity contribution in [2.45, 2.75) is 32.8 Å². The minimum absolute atomic E-state index is 0.0144. The molecule has 0 saturated carbocycles. The van der Waals surface area contributed by atoms with Crippen LogP contribution in [0.5, 0.6) is 5.75 Å². The highest BCUT2D eigenvalue weighted by molar-refractivity contribution is 7.09. The number of anilines is 1. The number of fused-ring (bicyclic) bond motifs is 1. The summed E-state index contributed by atoms with van der Waals surface area (Å²) >= 11 is 1.63. The number of thiazole rings is 1. The van der Waals surface area contributed by atoms with Gasteiger partial charge in [0.2, 0.25) is 0 Å². The van der Waals surface area contributed by atoms with E-state index in [1.54, 1.807) is 25.4 Å². The molecule has 128 valence electrons. The lowest BCUT2D eigenvalue weighted by Crippen LogP contribution is -2.44. The van der Waals surface area contributed by atoms with Gasteiger partial charge < -0.3 is 14.4 Å². The van der Waals surface area contributed by atoms with Crippen LogP contribution < -0.4 is 9.64 Å². The first-order valence-corrected chi connectivity index (χ1v) is 9.07. The predicted molar refractivity (Wildman–Crippen MR) is 95.9 cm³/mol. The molecule has 5 nitrogen and oxygen atoms in total. The largest absolute Gasteiger partial charge is 0.479 e. The third-order valence-electron chi connectivity index (χ3n) is 3.98. The quantitative estimate of drug-likeness (QED) is 0.803. The molecule has 2 aromatic rings. The maximum Gasteiger partial charge on any atom is 0.267 e. The molecule has 1 aliphatic heterocycles. The van der Waals surface area contributed by atoms with Crippen molar-refractivity contribution in [2.75, 3.05) is 25.2 Å². The summed E-state index contributed by atoms with van der Waals surface area (Å²) in [5, 5.41) is 3.10. The molecule has 0 N–H and O–H groups in total. The number of rotatable bonds is 6. The number of nitrogens with zero attached hydrogens (tertiary/aromatic N) is 2. The smallest absolute Gasteiger partial charge is 0.267 e. The van der Waals surface area contributed by atoms with Gasteiger partial charge in [-0.15, -0.1) is 11.3 Å². The molecule has 0 aliphatic carbocycles. The molecule has 0 fully saturated rings. The molecule has 0 spiro atoms. The van der Waals surface area contributed by atoms with E-state index in [4.69, 9.17) is 9.47 Å². The summed E-state index contributed by atoms with van der Waals surface area (Å²) in [7, 11) is 1.69. The van der Waals surface area contributed by atoms with Gasteiger partial charge in [-0.1, -0.05) is 6.92 Å². The molecule has 24 heavy (non-hydrogen) atoms. The van der Waals surface area contributed by atoms with Crippen LogP contribution in [-0.4, -0.2) is 37.3 Å². The highest BCUT2D eigenvalue weighted by Gasteiger charge is 2.31. The summed E-state index contributed by atoms with van der Waals surface area (Å²) in [6.45, 7) is 5.23. The third kappa shape index (κ3) is 3.30. The van der Waals surface area contributed by atoms with Crippen LogP contribution in [0.15, 0.2) is 23.6 Å². The van der Waals surface area contributed by atoms with Crippen LogP contribution >= 0.6 is 11.3 Å². The highest BCUT2D eigenvalue weighted by atomic mass is 32.1. The van der Waals surface area contributed by atoms with Gasteiger partial charge >= 0.3 is 0 Å². The number of hydrogen-bond donors (Lipinski definition) is 0. The lowest BCUT2D eigenvalue weighted by atomic mass is 10.1. The van der Waals surface area contributed by atoms with E-state index in [-0.39, 0.29) is 5.91 Å². The second kappa shape index (κ2) is 7.32. The molecular weight excluding hydrogens is 324 g/mol. The van der Waals surface area contributed by atoms with Crippen molar-refractivity contribution in [2.24, 2.45) is 0 Å². The van der Waals surface area contributed by atoms with Gasteiger partial charge in [-0.05, 0) is 31.5 Å². The zero-order valence-electron chi connectivity index (χ0n) is 14.2. The fourth-order valence-corrected chi connectivity index (χ4v) is 3.56. The lowest BCUT2D eigenvalue weighted by Gasteiger charge is -2.33. The fraction of sp³-hybridized carbons (Fsp3) is 0.444. The van der Waals surface area contributed by atoms with Gasteiger partial charge in [0.1, 0.15) is 5.75 Å². The Hall–Kier alpha value is -1.92. The number of aromatic nitrogens is 1. The molecule has 0 bridgehead atoms. The zero-order valence-corrected chi connectivity index (χ0v) is 15.1. The van der Waals surface area contributed by atoms with E-state index in [0.717, 1.165) is 40.5 Å². The first kappa shape index (κ1) is 16.9. The lowest BCUT2D eigenvalue weighted by molar-refractivity contribution is -0.125. The van der Waals surface area contributed by atoms with Crippen LogP contribution in [0.2, 0.25) is 0 Å². The SMILES string of the molecule is CCCN1C(=O)C(C)Oc2ccc(-c3csc(CCOC)n3)cc21. The van der Waals surface area contributed by atoms with Crippen LogP contribution in [0.1, 0.15) is 25.3 Å². The number of carbonyl (C=O) groups excluding carboxylic acids is 1. The summed E-state index contributed by atoms with van der Waals surface area (Å²) in [6.07, 6.45) is 1.28. The Labute approximate surface area is 146 Å². The molecule has 1 atom stereocenters. The molecule has 1 amide bonds. The van der Waals surface area contributed by atoms with Gasteiger partial charge in [0.15, 0.2) is 6.10 Å². The fourth-order valence-electron chi connectivity index (χ4n) is 2.77. The van der Waals surface area contributed by atoms with Gasteiger partial charge in [-0.2, -0.15) is 0 Å². The Morgan fingerprint density at radius 2 is 2.25 bits per heavy atom. The van der Waals surface area contributed by atoms with Crippen molar-refractivity contribution >= 4 is 22.9 Å². The standard InChI is InChI=1S/C18H22N2O3S/c1-4-8-20-15-10-13(5-6-16(15)23-12(2)18(20)21)14-11-24-17(19-14)7-9-22-3/h5-6,10-12H,4,7-9H2,1-3H3. The van der Waals surface area contributed by atoms with E-state index in [1.807, 2.05) is 28.5 Å². The third-order valence-corrected chi connectivity index (χ3v) is 4.89. The molecule has 1 aliphatic rings. The molecule has 1 aromatic heterocycles. The zero-order chi connectivity index (χ0) is 17.1. The predicted octanol–water partition coefficient (Wildman–Crippen LogP) is 3.52. The van der Waals surface area contributed by atoms with Crippen LogP contribution in [0.3, 0.4) is 0 Å². The molecule has 0 radical (unpaired) electrons. The molecule has 0 saturated heterocycles. The van der Waals surface area contributed by atoms with Gasteiger partial charge in [0.25, 0.3) is 5.91 Å². The van der Waals surface area contributed by atoms with Crippen molar-refractivity contribution < 1.29 is 14.3 Å². The van der Waals surface area contributed by atoms with Crippen LogP contribution in [-0.2, 0) is 16.0 Å². The summed E-state index contributed by atoms with van der Waals surface area (Å²) < 4.78 is 10.8. The van der Waals surface area contributed by atoms with Crippen LogP contribution in [0, 0.1) is 0 Å². The van der Waals surface area contributed by atoms with Crippen molar-refractivity contribution in [3.63, 3.8) is 0 Å². The normalized spacial score (nSPS) is 16.9. The Bertz CT molecular complexity index is 729. The molecule has 3 rings (SSSR count). The van der Waals surface area contributed by atoms with Crippen LogP contribution in [0.4, 0.5) is 5.69 Å². The Kier molecular flexibility index (Phi) is 5.16. The number of benzene rings is 1. The van der Waals surface area contributed by atoms with E-state index in [1.165, 1.54) is 0 Å². The van der Waals surface area contributed by atoms with Gasteiger partial charge in [0, 0.05) is 31.0 Å². The molecule has 6 heteroatoms. The average molecular weight is 346 g/mol. The van der Waals surface area contributed by atoms with E-state index in [9.17, 15) is 4.79 Å². The minimum Gasteiger partial charge on any atom is -0.479 e. The van der Waals surface area contributed by atoms with Gasteiger partial charge in [-0.3, -0.25) is 4.79 Å². The van der Waals surface area contributed by atoms with E-state index < -0.39 is 6.10 Å². The second-order valence-corrected chi connectivity index (χ2v) is 6.74. The Morgan fingerprint density at radius 3 is 3.00 bits per heavy atom. The average Bonchev–Trinajstić information content (AvgIpc) is 3.06. The maximum absolute atomic E-state index is 12.4. The van der Waals surface area contributed by atoms with Crippen molar-refractivity contribution in [1.29, 1.82) is 0 Å².